The molecule has 0 saturated carbocycles. The van der Waals surface area contributed by atoms with E-state index in [4.69, 9.17) is 19.0 Å². The quantitative estimate of drug-likeness (QED) is 0.323. The van der Waals surface area contributed by atoms with Crippen LogP contribution in [0.25, 0.3) is 0 Å². The van der Waals surface area contributed by atoms with Crippen LogP contribution >= 0.6 is 0 Å². The van der Waals surface area contributed by atoms with Gasteiger partial charge in [0.25, 0.3) is 0 Å². The zero-order valence-electron chi connectivity index (χ0n) is 20.0. The van der Waals surface area contributed by atoms with Gasteiger partial charge in [-0.05, 0) is 57.9 Å². The molecular weight excluding hydrogens is 420 g/mol. The van der Waals surface area contributed by atoms with Crippen molar-refractivity contribution in [2.24, 2.45) is 5.16 Å². The molecule has 0 atom stereocenters. The summed E-state index contributed by atoms with van der Waals surface area (Å²) >= 11 is 0. The van der Waals surface area contributed by atoms with Crippen molar-refractivity contribution in [3.8, 4) is 5.75 Å². The van der Waals surface area contributed by atoms with Gasteiger partial charge in [-0.1, -0.05) is 35.5 Å². The average Bonchev–Trinajstić information content (AvgIpc) is 2.81. The minimum Gasteiger partial charge on any atom is -0.497 e. The normalized spacial score (nSPS) is 15.3. The Morgan fingerprint density at radius 2 is 1.61 bits per heavy atom. The van der Waals surface area contributed by atoms with Gasteiger partial charge in [-0.25, -0.2) is 4.79 Å². The van der Waals surface area contributed by atoms with E-state index in [2.05, 4.69) is 5.16 Å². The number of piperidine rings is 1. The molecule has 2 aromatic carbocycles. The Hall–Kier alpha value is -3.06. The van der Waals surface area contributed by atoms with Crippen molar-refractivity contribution in [1.29, 1.82) is 0 Å². The van der Waals surface area contributed by atoms with Gasteiger partial charge in [0.15, 0.2) is 0 Å². The number of methoxy groups -OCH3 is 1. The maximum Gasteiger partial charge on any atom is 0.410 e. The molecule has 3 rings (SSSR count). The van der Waals surface area contributed by atoms with E-state index < -0.39 is 5.60 Å². The maximum absolute atomic E-state index is 12.2. The SMILES string of the molecule is COc1ccc(/C(=N/OCCOC2CCN(C(=O)OC(C)(C)C)CC2)c2ccccc2)cc1. The van der Waals surface area contributed by atoms with Crippen LogP contribution in [0.2, 0.25) is 0 Å². The van der Waals surface area contributed by atoms with Crippen LogP contribution in [0.1, 0.15) is 44.7 Å². The number of amides is 1. The molecule has 7 heteroatoms. The summed E-state index contributed by atoms with van der Waals surface area (Å²) in [7, 11) is 1.64. The standard InChI is InChI=1S/C26H34N2O5/c1-26(2,3)33-25(29)28-16-14-23(15-17-28)31-18-19-32-27-24(20-8-6-5-7-9-20)21-10-12-22(30-4)13-11-21/h5-13,23H,14-19H2,1-4H3/b27-24+. The van der Waals surface area contributed by atoms with Crippen LogP contribution in [0.15, 0.2) is 59.8 Å². The molecule has 1 amide bonds. The summed E-state index contributed by atoms with van der Waals surface area (Å²) in [4.78, 5) is 19.5. The van der Waals surface area contributed by atoms with Gasteiger partial charge in [0.2, 0.25) is 0 Å². The lowest BCUT2D eigenvalue weighted by Gasteiger charge is -2.33. The summed E-state index contributed by atoms with van der Waals surface area (Å²) in [5.74, 6) is 0.790. The number of likely N-dealkylation sites (tertiary alicyclic amines) is 1. The number of hydrogen-bond acceptors (Lipinski definition) is 6. The van der Waals surface area contributed by atoms with Crippen LogP contribution in [0.4, 0.5) is 4.79 Å². The molecule has 0 N–H and O–H groups in total. The lowest BCUT2D eigenvalue weighted by molar-refractivity contribution is -0.0287. The van der Waals surface area contributed by atoms with E-state index in [1.54, 1.807) is 12.0 Å². The van der Waals surface area contributed by atoms with Crippen molar-refractivity contribution in [3.63, 3.8) is 0 Å². The molecule has 0 aliphatic carbocycles. The molecule has 178 valence electrons. The van der Waals surface area contributed by atoms with Gasteiger partial charge >= 0.3 is 6.09 Å². The highest BCUT2D eigenvalue weighted by molar-refractivity contribution is 6.12. The smallest absolute Gasteiger partial charge is 0.410 e. The Kier molecular flexibility index (Phi) is 8.72. The molecule has 2 aromatic rings. The number of benzene rings is 2. The Morgan fingerprint density at radius 1 is 0.970 bits per heavy atom. The number of nitrogens with zero attached hydrogens (tertiary/aromatic N) is 2. The van der Waals surface area contributed by atoms with Crippen LogP contribution < -0.4 is 4.74 Å². The molecule has 1 saturated heterocycles. The number of carbonyl (C=O) groups is 1. The summed E-state index contributed by atoms with van der Waals surface area (Å²) in [6.07, 6.45) is 1.41. The second-order valence-corrected chi connectivity index (χ2v) is 8.91. The summed E-state index contributed by atoms with van der Waals surface area (Å²) in [5, 5.41) is 4.40. The predicted molar refractivity (Wildman–Crippen MR) is 128 cm³/mol. The third-order valence-electron chi connectivity index (χ3n) is 5.19. The van der Waals surface area contributed by atoms with Gasteiger partial charge in [-0.15, -0.1) is 0 Å². The number of carbonyl (C=O) groups excluding carboxylic acids is 1. The second kappa shape index (κ2) is 11.7. The second-order valence-electron chi connectivity index (χ2n) is 8.91. The number of rotatable bonds is 8. The average molecular weight is 455 g/mol. The van der Waals surface area contributed by atoms with Crippen LogP contribution in [-0.2, 0) is 14.3 Å². The van der Waals surface area contributed by atoms with E-state index in [1.807, 2.05) is 75.4 Å². The summed E-state index contributed by atoms with van der Waals surface area (Å²) < 4.78 is 16.6. The summed E-state index contributed by atoms with van der Waals surface area (Å²) in [6.45, 7) is 7.68. The van der Waals surface area contributed by atoms with E-state index in [0.29, 0.717) is 26.3 Å². The number of ether oxygens (including phenoxy) is 3. The lowest BCUT2D eigenvalue weighted by atomic mass is 10.0. The highest BCUT2D eigenvalue weighted by Crippen LogP contribution is 2.18. The monoisotopic (exact) mass is 454 g/mol. The van der Waals surface area contributed by atoms with Crippen molar-refractivity contribution in [2.75, 3.05) is 33.4 Å². The Morgan fingerprint density at radius 3 is 2.21 bits per heavy atom. The molecule has 0 unspecified atom stereocenters. The molecule has 1 aliphatic heterocycles. The van der Waals surface area contributed by atoms with Crippen molar-refractivity contribution in [3.05, 3.63) is 65.7 Å². The first-order chi connectivity index (χ1) is 15.9. The van der Waals surface area contributed by atoms with E-state index in [-0.39, 0.29) is 12.2 Å². The molecule has 33 heavy (non-hydrogen) atoms. The molecule has 7 nitrogen and oxygen atoms in total. The van der Waals surface area contributed by atoms with E-state index in [9.17, 15) is 4.79 Å². The van der Waals surface area contributed by atoms with Crippen molar-refractivity contribution < 1.29 is 23.8 Å². The first-order valence-corrected chi connectivity index (χ1v) is 11.3. The molecule has 0 spiro atoms. The molecule has 1 fully saturated rings. The van der Waals surface area contributed by atoms with Crippen molar-refractivity contribution in [1.82, 2.24) is 4.90 Å². The molecular formula is C26H34N2O5. The maximum atomic E-state index is 12.2. The van der Waals surface area contributed by atoms with Crippen LogP contribution in [0.5, 0.6) is 5.75 Å². The minimum atomic E-state index is -0.479. The molecule has 0 aromatic heterocycles. The topological polar surface area (TPSA) is 69.6 Å². The molecule has 1 aliphatic rings. The summed E-state index contributed by atoms with van der Waals surface area (Å²) in [5.41, 5.74) is 2.19. The summed E-state index contributed by atoms with van der Waals surface area (Å²) in [6, 6.07) is 17.6. The number of oxime groups is 1. The van der Waals surface area contributed by atoms with Crippen molar-refractivity contribution in [2.45, 2.75) is 45.3 Å². The van der Waals surface area contributed by atoms with Crippen LogP contribution in [0.3, 0.4) is 0 Å². The van der Waals surface area contributed by atoms with Crippen LogP contribution in [0, 0.1) is 0 Å². The van der Waals surface area contributed by atoms with E-state index in [1.165, 1.54) is 0 Å². The van der Waals surface area contributed by atoms with Gasteiger partial charge in [-0.3, -0.25) is 0 Å². The lowest BCUT2D eigenvalue weighted by Crippen LogP contribution is -2.43. The fourth-order valence-corrected chi connectivity index (χ4v) is 3.51. The first kappa shape index (κ1) is 24.6. The third-order valence-corrected chi connectivity index (χ3v) is 5.19. The van der Waals surface area contributed by atoms with Gasteiger partial charge in [0.1, 0.15) is 23.7 Å². The fourth-order valence-electron chi connectivity index (χ4n) is 3.51. The van der Waals surface area contributed by atoms with Crippen molar-refractivity contribution >= 4 is 11.8 Å². The zero-order valence-corrected chi connectivity index (χ0v) is 20.0. The molecule has 1 heterocycles. The Balaban J connectivity index is 1.47. The first-order valence-electron chi connectivity index (χ1n) is 11.3. The van der Waals surface area contributed by atoms with Gasteiger partial charge in [-0.2, -0.15) is 0 Å². The molecule has 0 bridgehead atoms. The zero-order chi connectivity index (χ0) is 23.7. The Bertz CT molecular complexity index is 899. The Labute approximate surface area is 196 Å². The highest BCUT2D eigenvalue weighted by atomic mass is 16.6. The minimum absolute atomic E-state index is 0.103. The van der Waals surface area contributed by atoms with E-state index in [0.717, 1.165) is 35.4 Å². The van der Waals surface area contributed by atoms with Gasteiger partial charge < -0.3 is 23.9 Å². The number of hydrogen-bond donors (Lipinski definition) is 0. The predicted octanol–water partition coefficient (Wildman–Crippen LogP) is 4.88. The van der Waals surface area contributed by atoms with Gasteiger partial charge in [0.05, 0.1) is 19.8 Å². The largest absolute Gasteiger partial charge is 0.497 e. The molecule has 0 radical (unpaired) electrons. The third kappa shape index (κ3) is 7.79. The van der Waals surface area contributed by atoms with E-state index >= 15 is 0 Å². The van der Waals surface area contributed by atoms with Crippen LogP contribution in [-0.4, -0.2) is 61.8 Å². The highest BCUT2D eigenvalue weighted by Gasteiger charge is 2.27. The fraction of sp³-hybridized carbons (Fsp3) is 0.462. The van der Waals surface area contributed by atoms with Gasteiger partial charge in [0, 0.05) is 24.2 Å².